The maximum Gasteiger partial charge on any atom is 0.272 e. The Labute approximate surface area is 180 Å². The first-order chi connectivity index (χ1) is 15.2. The Balaban J connectivity index is 1.37. The molecule has 3 heterocycles. The van der Waals surface area contributed by atoms with Gasteiger partial charge in [0.15, 0.2) is 0 Å². The van der Waals surface area contributed by atoms with Gasteiger partial charge < -0.3 is 4.90 Å². The van der Waals surface area contributed by atoms with E-state index in [0.29, 0.717) is 12.2 Å². The van der Waals surface area contributed by atoms with E-state index in [2.05, 4.69) is 4.98 Å². The fraction of sp³-hybridized carbons (Fsp3) is 0.192. The summed E-state index contributed by atoms with van der Waals surface area (Å²) in [5, 5.41) is 1.03. The lowest BCUT2D eigenvalue weighted by atomic mass is 9.93. The highest BCUT2D eigenvalue weighted by Gasteiger charge is 2.27. The molecule has 31 heavy (non-hydrogen) atoms. The van der Waals surface area contributed by atoms with Gasteiger partial charge in [0, 0.05) is 35.7 Å². The van der Waals surface area contributed by atoms with E-state index in [1.165, 1.54) is 12.1 Å². The average Bonchev–Trinajstić information content (AvgIpc) is 2.84. The molecule has 154 valence electrons. The van der Waals surface area contributed by atoms with Crippen molar-refractivity contribution in [2.75, 3.05) is 13.1 Å². The van der Waals surface area contributed by atoms with E-state index in [4.69, 9.17) is 4.98 Å². The van der Waals surface area contributed by atoms with Crippen molar-refractivity contribution in [3.8, 4) is 11.3 Å². The lowest BCUT2D eigenvalue weighted by molar-refractivity contribution is 0.0700. The van der Waals surface area contributed by atoms with Crippen molar-refractivity contribution < 1.29 is 9.18 Å². The summed E-state index contributed by atoms with van der Waals surface area (Å²) < 4.78 is 13.3. The number of pyridine rings is 2. The van der Waals surface area contributed by atoms with Gasteiger partial charge >= 0.3 is 0 Å². The number of para-hydroxylation sites is 1. The Morgan fingerprint density at radius 1 is 0.903 bits per heavy atom. The number of benzene rings is 2. The number of amides is 1. The van der Waals surface area contributed by atoms with Gasteiger partial charge in [0.05, 0.1) is 11.2 Å². The van der Waals surface area contributed by atoms with Crippen LogP contribution < -0.4 is 0 Å². The third-order valence-corrected chi connectivity index (χ3v) is 5.86. The van der Waals surface area contributed by atoms with Crippen molar-refractivity contribution >= 4 is 16.8 Å². The molecule has 0 bridgehead atoms. The number of carbonyl (C=O) groups is 1. The normalized spacial score (nSPS) is 16.4. The van der Waals surface area contributed by atoms with Gasteiger partial charge in [0.2, 0.25) is 0 Å². The van der Waals surface area contributed by atoms with E-state index in [0.717, 1.165) is 47.2 Å². The standard InChI is InChI=1S/C26H22FN3O/c27-21-13-10-19(11-14-21)23-8-3-9-24(28-23)20-6-4-16-30(17-20)26(31)25-15-12-18-5-1-2-7-22(18)29-25/h1-3,5,7-15,20H,4,6,16-17H2/t20-/m0/s1. The van der Waals surface area contributed by atoms with Crippen LogP contribution in [-0.4, -0.2) is 33.9 Å². The molecule has 5 rings (SSSR count). The van der Waals surface area contributed by atoms with Crippen LogP contribution in [-0.2, 0) is 0 Å². The number of aromatic nitrogens is 2. The number of piperidine rings is 1. The summed E-state index contributed by atoms with van der Waals surface area (Å²) in [5.41, 5.74) is 3.97. The molecule has 1 atom stereocenters. The maximum absolute atomic E-state index is 13.3. The third-order valence-electron chi connectivity index (χ3n) is 5.86. The van der Waals surface area contributed by atoms with Crippen molar-refractivity contribution in [1.29, 1.82) is 0 Å². The molecule has 4 aromatic rings. The quantitative estimate of drug-likeness (QED) is 0.450. The highest BCUT2D eigenvalue weighted by molar-refractivity contribution is 5.95. The third kappa shape index (κ3) is 4.04. The zero-order valence-corrected chi connectivity index (χ0v) is 17.0. The van der Waals surface area contributed by atoms with Gasteiger partial charge in [-0.2, -0.15) is 0 Å². The molecule has 2 aromatic heterocycles. The first kappa shape index (κ1) is 19.4. The smallest absolute Gasteiger partial charge is 0.272 e. The zero-order valence-electron chi connectivity index (χ0n) is 17.0. The monoisotopic (exact) mass is 411 g/mol. The van der Waals surface area contributed by atoms with Crippen LogP contribution in [0.5, 0.6) is 0 Å². The number of hydrogen-bond acceptors (Lipinski definition) is 3. The van der Waals surface area contributed by atoms with Crippen LogP contribution in [0.3, 0.4) is 0 Å². The van der Waals surface area contributed by atoms with Crippen molar-refractivity contribution in [2.24, 2.45) is 0 Å². The van der Waals surface area contributed by atoms with Crippen LogP contribution in [0, 0.1) is 5.82 Å². The number of rotatable bonds is 3. The predicted molar refractivity (Wildman–Crippen MR) is 119 cm³/mol. The van der Waals surface area contributed by atoms with E-state index in [1.54, 1.807) is 12.1 Å². The minimum absolute atomic E-state index is 0.0369. The largest absolute Gasteiger partial charge is 0.337 e. The minimum Gasteiger partial charge on any atom is -0.337 e. The molecule has 0 spiro atoms. The van der Waals surface area contributed by atoms with Crippen molar-refractivity contribution in [2.45, 2.75) is 18.8 Å². The van der Waals surface area contributed by atoms with Gasteiger partial charge in [-0.25, -0.2) is 9.37 Å². The molecule has 5 heteroatoms. The Bertz CT molecular complexity index is 1240. The van der Waals surface area contributed by atoms with Crippen LogP contribution in [0.25, 0.3) is 22.2 Å². The van der Waals surface area contributed by atoms with E-state index < -0.39 is 0 Å². The van der Waals surface area contributed by atoms with Gasteiger partial charge in [-0.3, -0.25) is 9.78 Å². The Morgan fingerprint density at radius 3 is 2.61 bits per heavy atom. The molecular weight excluding hydrogens is 389 g/mol. The highest BCUT2D eigenvalue weighted by Crippen LogP contribution is 2.28. The second kappa shape index (κ2) is 8.26. The molecule has 0 aliphatic carbocycles. The molecule has 2 aromatic carbocycles. The maximum atomic E-state index is 13.3. The summed E-state index contributed by atoms with van der Waals surface area (Å²) in [4.78, 5) is 24.4. The first-order valence-corrected chi connectivity index (χ1v) is 10.6. The SMILES string of the molecule is O=C(c1ccc2ccccc2n1)N1CCC[C@H](c2cccc(-c3ccc(F)cc3)n2)C1. The summed E-state index contributed by atoms with van der Waals surface area (Å²) in [6.07, 6.45) is 1.90. The van der Waals surface area contributed by atoms with Crippen molar-refractivity contribution in [3.63, 3.8) is 0 Å². The molecule has 1 amide bonds. The number of halogens is 1. The van der Waals surface area contributed by atoms with Crippen LogP contribution in [0.1, 0.15) is 34.9 Å². The number of carbonyl (C=O) groups excluding carboxylic acids is 1. The van der Waals surface area contributed by atoms with Gasteiger partial charge in [-0.15, -0.1) is 0 Å². The Kier molecular flexibility index (Phi) is 5.16. The number of hydrogen-bond donors (Lipinski definition) is 0. The molecule has 0 radical (unpaired) electrons. The number of likely N-dealkylation sites (tertiary alicyclic amines) is 1. The van der Waals surface area contributed by atoms with E-state index in [9.17, 15) is 9.18 Å². The fourth-order valence-electron chi connectivity index (χ4n) is 4.21. The second-order valence-electron chi connectivity index (χ2n) is 7.93. The molecule has 1 aliphatic rings. The zero-order chi connectivity index (χ0) is 21.2. The summed E-state index contributed by atoms with van der Waals surface area (Å²) in [7, 11) is 0. The van der Waals surface area contributed by atoms with Crippen LogP contribution in [0.15, 0.2) is 78.9 Å². The molecular formula is C26H22FN3O. The van der Waals surface area contributed by atoms with E-state index >= 15 is 0 Å². The van der Waals surface area contributed by atoms with Gasteiger partial charge in [-0.05, 0) is 61.4 Å². The molecule has 0 unspecified atom stereocenters. The molecule has 0 saturated carbocycles. The van der Waals surface area contributed by atoms with E-state index in [1.807, 2.05) is 59.5 Å². The molecule has 1 fully saturated rings. The van der Waals surface area contributed by atoms with Gasteiger partial charge in [-0.1, -0.05) is 30.3 Å². The lowest BCUT2D eigenvalue weighted by Gasteiger charge is -2.32. The van der Waals surface area contributed by atoms with Gasteiger partial charge in [0.25, 0.3) is 5.91 Å². The molecule has 1 saturated heterocycles. The molecule has 4 nitrogen and oxygen atoms in total. The fourth-order valence-corrected chi connectivity index (χ4v) is 4.21. The van der Waals surface area contributed by atoms with Crippen LogP contribution in [0.2, 0.25) is 0 Å². The number of fused-ring (bicyclic) bond motifs is 1. The first-order valence-electron chi connectivity index (χ1n) is 10.6. The summed E-state index contributed by atoms with van der Waals surface area (Å²) in [6, 6.07) is 23.9. The number of nitrogens with zero attached hydrogens (tertiary/aromatic N) is 3. The minimum atomic E-state index is -0.261. The van der Waals surface area contributed by atoms with Crippen LogP contribution >= 0.6 is 0 Å². The van der Waals surface area contributed by atoms with Crippen molar-refractivity contribution in [3.05, 3.63) is 96.1 Å². The summed E-state index contributed by atoms with van der Waals surface area (Å²) in [5.74, 6) is -0.132. The lowest BCUT2D eigenvalue weighted by Crippen LogP contribution is -2.39. The van der Waals surface area contributed by atoms with Gasteiger partial charge in [0.1, 0.15) is 11.5 Å². The van der Waals surface area contributed by atoms with Crippen molar-refractivity contribution in [1.82, 2.24) is 14.9 Å². The Hall–Kier alpha value is -3.60. The topological polar surface area (TPSA) is 46.1 Å². The predicted octanol–water partition coefficient (Wildman–Crippen LogP) is 5.46. The highest BCUT2D eigenvalue weighted by atomic mass is 19.1. The Morgan fingerprint density at radius 2 is 1.74 bits per heavy atom. The van der Waals surface area contributed by atoms with Crippen LogP contribution in [0.4, 0.5) is 4.39 Å². The molecule has 0 N–H and O–H groups in total. The molecule has 1 aliphatic heterocycles. The average molecular weight is 411 g/mol. The second-order valence-corrected chi connectivity index (χ2v) is 7.93. The summed E-state index contributed by atoms with van der Waals surface area (Å²) in [6.45, 7) is 1.34. The summed E-state index contributed by atoms with van der Waals surface area (Å²) >= 11 is 0. The van der Waals surface area contributed by atoms with E-state index in [-0.39, 0.29) is 17.6 Å².